The van der Waals surface area contributed by atoms with Crippen molar-refractivity contribution in [2.24, 2.45) is 5.73 Å². The number of aromatic nitrogens is 2. The largest absolute Gasteiger partial charge is 0.346 e. The van der Waals surface area contributed by atoms with Gasteiger partial charge in [-0.1, -0.05) is 42.1 Å². The monoisotopic (exact) mass is 364 g/mol. The van der Waals surface area contributed by atoms with E-state index in [0.717, 1.165) is 22.5 Å². The van der Waals surface area contributed by atoms with Crippen LogP contribution in [0.5, 0.6) is 0 Å². The van der Waals surface area contributed by atoms with Crippen LogP contribution in [-0.4, -0.2) is 21.4 Å². The molecule has 1 aromatic carbocycles. The second-order valence-corrected chi connectivity index (χ2v) is 7.53. The molecule has 4 N–H and O–H groups in total. The maximum Gasteiger partial charge on any atom is 0.259 e. The van der Waals surface area contributed by atoms with Crippen molar-refractivity contribution in [2.75, 3.05) is 0 Å². The van der Waals surface area contributed by atoms with Gasteiger partial charge in [0.25, 0.3) is 5.91 Å². The van der Waals surface area contributed by atoms with Gasteiger partial charge >= 0.3 is 0 Å². The maximum atomic E-state index is 11.5. The average Bonchev–Trinajstić information content (AvgIpc) is 3.37. The van der Waals surface area contributed by atoms with Crippen molar-refractivity contribution in [2.45, 2.75) is 24.3 Å². The van der Waals surface area contributed by atoms with E-state index in [1.807, 2.05) is 24.4 Å². The van der Waals surface area contributed by atoms with Gasteiger partial charge in [-0.2, -0.15) is 0 Å². The molecule has 132 valence electrons. The first kappa shape index (κ1) is 16.9. The van der Waals surface area contributed by atoms with Gasteiger partial charge in [-0.15, -0.1) is 0 Å². The lowest BCUT2D eigenvalue weighted by Gasteiger charge is -1.95. The van der Waals surface area contributed by atoms with Crippen LogP contribution in [0.15, 0.2) is 59.8 Å². The van der Waals surface area contributed by atoms with E-state index in [2.05, 4.69) is 45.6 Å². The fourth-order valence-electron chi connectivity index (χ4n) is 2.90. The first-order valence-corrected chi connectivity index (χ1v) is 9.50. The summed E-state index contributed by atoms with van der Waals surface area (Å²) in [6, 6.07) is 14.6. The number of aromatic amines is 1. The number of amides is 1. The molecule has 3 heterocycles. The summed E-state index contributed by atoms with van der Waals surface area (Å²) < 4.78 is 0. The number of thioether (sulfide) groups is 1. The molecule has 1 saturated heterocycles. The van der Waals surface area contributed by atoms with Crippen LogP contribution in [0, 0.1) is 0 Å². The molecule has 2 fully saturated rings. The van der Waals surface area contributed by atoms with E-state index in [0.29, 0.717) is 4.91 Å². The third-order valence-corrected chi connectivity index (χ3v) is 5.30. The summed E-state index contributed by atoms with van der Waals surface area (Å²) in [6.07, 6.45) is 8.20. The Morgan fingerprint density at radius 3 is 2.65 bits per heavy atom. The third kappa shape index (κ3) is 3.81. The summed E-state index contributed by atoms with van der Waals surface area (Å²) in [6.45, 7) is 0. The molecular weight excluding hydrogens is 344 g/mol. The van der Waals surface area contributed by atoms with E-state index in [-0.39, 0.29) is 11.4 Å². The minimum Gasteiger partial charge on any atom is -0.346 e. The van der Waals surface area contributed by atoms with Crippen LogP contribution >= 0.6 is 11.8 Å². The number of rotatable bonds is 2. The highest BCUT2D eigenvalue weighted by Crippen LogP contribution is 2.39. The van der Waals surface area contributed by atoms with E-state index < -0.39 is 0 Å². The Kier molecular flexibility index (Phi) is 4.77. The molecule has 5 nitrogen and oxygen atoms in total. The van der Waals surface area contributed by atoms with E-state index in [9.17, 15) is 4.79 Å². The molecule has 1 unspecified atom stereocenters. The summed E-state index contributed by atoms with van der Waals surface area (Å²) >= 11 is 1.32. The van der Waals surface area contributed by atoms with Crippen LogP contribution in [0.4, 0.5) is 0 Å². The number of H-pyrrole nitrogens is 1. The lowest BCUT2D eigenvalue weighted by atomic mass is 10.1. The topological polar surface area (TPSA) is 83.8 Å². The molecule has 0 radical (unpaired) electrons. The van der Waals surface area contributed by atoms with Gasteiger partial charge in [0.2, 0.25) is 0 Å². The second-order valence-electron chi connectivity index (χ2n) is 6.35. The highest BCUT2D eigenvalue weighted by molar-refractivity contribution is 8.05. The van der Waals surface area contributed by atoms with Crippen LogP contribution in [0.25, 0.3) is 17.1 Å². The van der Waals surface area contributed by atoms with Crippen LogP contribution in [0.2, 0.25) is 0 Å². The quantitative estimate of drug-likeness (QED) is 0.607. The van der Waals surface area contributed by atoms with Crippen molar-refractivity contribution in [3.05, 3.63) is 70.9 Å². The Morgan fingerprint density at radius 2 is 1.96 bits per heavy atom. The third-order valence-electron chi connectivity index (χ3n) is 4.37. The highest BCUT2D eigenvalue weighted by Gasteiger charge is 2.24. The molecule has 1 saturated carbocycles. The Bertz CT molecular complexity index is 947. The molecule has 3 aromatic rings. The molecule has 6 heteroatoms. The number of carbonyl (C=O) groups is 1. The van der Waals surface area contributed by atoms with E-state index in [1.54, 1.807) is 6.20 Å². The lowest BCUT2D eigenvalue weighted by Crippen LogP contribution is -2.31. The first-order chi connectivity index (χ1) is 12.7. The van der Waals surface area contributed by atoms with Crippen molar-refractivity contribution in [1.29, 1.82) is 0 Å². The van der Waals surface area contributed by atoms with Gasteiger partial charge < -0.3 is 16.0 Å². The number of hydrogen-bond donors (Lipinski definition) is 3. The average molecular weight is 364 g/mol. The summed E-state index contributed by atoms with van der Waals surface area (Å²) in [4.78, 5) is 19.4. The van der Waals surface area contributed by atoms with E-state index >= 15 is 0 Å². The normalized spacial score (nSPS) is 20.7. The lowest BCUT2D eigenvalue weighted by molar-refractivity contribution is -0.116. The van der Waals surface area contributed by atoms with Crippen LogP contribution in [0.3, 0.4) is 0 Å². The molecule has 2 aliphatic rings. The van der Waals surface area contributed by atoms with Gasteiger partial charge in [0, 0.05) is 23.3 Å². The van der Waals surface area contributed by atoms with Crippen LogP contribution in [-0.2, 0) is 4.79 Å². The predicted molar refractivity (Wildman–Crippen MR) is 106 cm³/mol. The molecule has 1 aliphatic carbocycles. The fraction of sp³-hybridized carbons (Fsp3) is 0.200. The zero-order valence-corrected chi connectivity index (χ0v) is 15.0. The molecule has 1 amide bonds. The van der Waals surface area contributed by atoms with Crippen molar-refractivity contribution < 1.29 is 4.79 Å². The number of carbonyl (C=O) groups excluding carboxylic acids is 1. The second kappa shape index (κ2) is 7.35. The summed E-state index contributed by atoms with van der Waals surface area (Å²) in [5.41, 5.74) is 8.56. The highest BCUT2D eigenvalue weighted by atomic mass is 32.2. The number of nitrogens with zero attached hydrogens (tertiary/aromatic N) is 1. The predicted octanol–water partition coefficient (Wildman–Crippen LogP) is 3.57. The molecular formula is C20H20N4OS. The van der Waals surface area contributed by atoms with Crippen molar-refractivity contribution in [1.82, 2.24) is 15.3 Å². The summed E-state index contributed by atoms with van der Waals surface area (Å²) in [5.74, 6) is 0.784. The number of benzene rings is 1. The van der Waals surface area contributed by atoms with E-state index in [1.165, 1.54) is 30.2 Å². The minimum absolute atomic E-state index is 0.124. The number of fused-ring (bicyclic) bond motifs is 1. The standard InChI is InChI=1S/C11H10N4OS.C9H10/c12-11-15-10(16)8(17-11)4-6-5-14-9-7(6)2-1-3-13-9;1-2-4-8(5-3-1)9-6-7-9/h1-5,11H,12H2,(H,13,14)(H,15,16);1-5,9H,6-7H2/b8-4-;. The van der Waals surface area contributed by atoms with Gasteiger partial charge in [-0.3, -0.25) is 4.79 Å². The number of nitrogens with one attached hydrogen (secondary N) is 2. The van der Waals surface area contributed by atoms with Crippen LogP contribution in [0.1, 0.15) is 29.9 Å². The fourth-order valence-corrected chi connectivity index (χ4v) is 3.70. The zero-order valence-electron chi connectivity index (χ0n) is 14.2. The molecule has 5 rings (SSSR count). The number of hydrogen-bond acceptors (Lipinski definition) is 4. The Morgan fingerprint density at radius 1 is 1.15 bits per heavy atom. The number of nitrogens with two attached hydrogens (primary N) is 1. The van der Waals surface area contributed by atoms with Crippen molar-refractivity contribution in [3.63, 3.8) is 0 Å². The van der Waals surface area contributed by atoms with Gasteiger partial charge in [0.05, 0.1) is 4.91 Å². The maximum absolute atomic E-state index is 11.5. The Hall–Kier alpha value is -2.57. The Balaban J connectivity index is 0.000000157. The zero-order chi connectivity index (χ0) is 17.9. The first-order valence-electron chi connectivity index (χ1n) is 8.62. The summed E-state index contributed by atoms with van der Waals surface area (Å²) in [5, 5.41) is 3.63. The molecule has 2 aromatic heterocycles. The summed E-state index contributed by atoms with van der Waals surface area (Å²) in [7, 11) is 0. The minimum atomic E-state index is -0.350. The van der Waals surface area contributed by atoms with Gasteiger partial charge in [0.15, 0.2) is 0 Å². The number of pyridine rings is 1. The van der Waals surface area contributed by atoms with Gasteiger partial charge in [0.1, 0.15) is 11.1 Å². The van der Waals surface area contributed by atoms with Gasteiger partial charge in [-0.05, 0) is 42.5 Å². The molecule has 1 aliphatic heterocycles. The smallest absolute Gasteiger partial charge is 0.259 e. The molecule has 0 bridgehead atoms. The molecule has 1 atom stereocenters. The Labute approximate surface area is 156 Å². The SMILES string of the molecule is NC1NC(=O)/C(=C/c2c[nH]c3ncccc23)S1.c1ccc(C2CC2)cc1. The molecule has 0 spiro atoms. The molecule has 26 heavy (non-hydrogen) atoms. The van der Waals surface area contributed by atoms with Crippen molar-refractivity contribution in [3.8, 4) is 0 Å². The van der Waals surface area contributed by atoms with Crippen molar-refractivity contribution >= 4 is 34.8 Å². The van der Waals surface area contributed by atoms with E-state index in [4.69, 9.17) is 5.73 Å². The van der Waals surface area contributed by atoms with Gasteiger partial charge in [-0.25, -0.2) is 4.98 Å². The van der Waals surface area contributed by atoms with Crippen LogP contribution < -0.4 is 11.1 Å².